The SMILES string of the molecule is C=C/C(=C\C)C1CCCCC1. The number of allylic oxidation sites excluding steroid dienone is 3. The van der Waals surface area contributed by atoms with Crippen molar-refractivity contribution in [2.75, 3.05) is 0 Å². The van der Waals surface area contributed by atoms with Crippen molar-refractivity contribution in [1.29, 1.82) is 0 Å². The molecular weight excluding hydrogens is 132 g/mol. The molecule has 0 N–H and O–H groups in total. The van der Waals surface area contributed by atoms with Crippen LogP contribution in [0.3, 0.4) is 0 Å². The van der Waals surface area contributed by atoms with Crippen LogP contribution in [0, 0.1) is 5.92 Å². The summed E-state index contributed by atoms with van der Waals surface area (Å²) in [6.07, 6.45) is 11.3. The highest BCUT2D eigenvalue weighted by Crippen LogP contribution is 2.29. The van der Waals surface area contributed by atoms with Gasteiger partial charge in [-0.2, -0.15) is 0 Å². The molecule has 11 heavy (non-hydrogen) atoms. The largest absolute Gasteiger partial charge is 0.0988 e. The maximum atomic E-state index is 3.84. The molecule has 0 atom stereocenters. The minimum absolute atomic E-state index is 0.825. The summed E-state index contributed by atoms with van der Waals surface area (Å²) < 4.78 is 0. The topological polar surface area (TPSA) is 0 Å². The van der Waals surface area contributed by atoms with Crippen LogP contribution in [0.15, 0.2) is 24.3 Å². The van der Waals surface area contributed by atoms with Crippen LogP contribution in [-0.4, -0.2) is 0 Å². The van der Waals surface area contributed by atoms with Crippen molar-refractivity contribution in [3.8, 4) is 0 Å². The fourth-order valence-corrected chi connectivity index (χ4v) is 1.96. The second-order valence-corrected chi connectivity index (χ2v) is 3.33. The second kappa shape index (κ2) is 4.38. The summed E-state index contributed by atoms with van der Waals surface area (Å²) in [7, 11) is 0. The molecule has 1 saturated carbocycles. The lowest BCUT2D eigenvalue weighted by Gasteiger charge is -2.22. The molecular formula is C11H18. The van der Waals surface area contributed by atoms with Crippen molar-refractivity contribution >= 4 is 0 Å². The quantitative estimate of drug-likeness (QED) is 0.526. The van der Waals surface area contributed by atoms with Crippen molar-refractivity contribution in [3.63, 3.8) is 0 Å². The predicted molar refractivity (Wildman–Crippen MR) is 50.5 cm³/mol. The van der Waals surface area contributed by atoms with E-state index < -0.39 is 0 Å². The summed E-state index contributed by atoms with van der Waals surface area (Å²) in [6, 6.07) is 0. The van der Waals surface area contributed by atoms with E-state index in [2.05, 4.69) is 19.6 Å². The average molecular weight is 150 g/mol. The third kappa shape index (κ3) is 2.21. The van der Waals surface area contributed by atoms with E-state index in [1.807, 2.05) is 6.08 Å². The van der Waals surface area contributed by atoms with Gasteiger partial charge in [0.1, 0.15) is 0 Å². The molecule has 1 aliphatic carbocycles. The first-order valence-electron chi connectivity index (χ1n) is 4.67. The molecule has 0 heterocycles. The molecule has 0 radical (unpaired) electrons. The zero-order chi connectivity index (χ0) is 8.10. The summed E-state index contributed by atoms with van der Waals surface area (Å²) in [5.74, 6) is 0.825. The van der Waals surface area contributed by atoms with Crippen molar-refractivity contribution in [2.45, 2.75) is 39.0 Å². The highest BCUT2D eigenvalue weighted by atomic mass is 14.2. The number of hydrogen-bond donors (Lipinski definition) is 0. The Balaban J connectivity index is 2.49. The Kier molecular flexibility index (Phi) is 3.41. The van der Waals surface area contributed by atoms with E-state index in [1.54, 1.807) is 0 Å². The Labute approximate surface area is 70.0 Å². The van der Waals surface area contributed by atoms with Gasteiger partial charge in [0.2, 0.25) is 0 Å². The fourth-order valence-electron chi connectivity index (χ4n) is 1.96. The van der Waals surface area contributed by atoms with Crippen LogP contribution in [0.2, 0.25) is 0 Å². The smallest absolute Gasteiger partial charge is 0.0165 e. The van der Waals surface area contributed by atoms with Crippen LogP contribution in [0.4, 0.5) is 0 Å². The lowest BCUT2D eigenvalue weighted by atomic mass is 9.84. The van der Waals surface area contributed by atoms with Crippen LogP contribution < -0.4 is 0 Å². The summed E-state index contributed by atoms with van der Waals surface area (Å²) in [5.41, 5.74) is 1.46. The molecule has 62 valence electrons. The molecule has 0 aliphatic heterocycles. The van der Waals surface area contributed by atoms with E-state index in [0.29, 0.717) is 0 Å². The Hall–Kier alpha value is -0.520. The summed E-state index contributed by atoms with van der Waals surface area (Å²) in [6.45, 7) is 5.96. The molecule has 0 aromatic rings. The molecule has 0 spiro atoms. The van der Waals surface area contributed by atoms with Gasteiger partial charge in [-0.25, -0.2) is 0 Å². The molecule has 0 heteroatoms. The van der Waals surface area contributed by atoms with Crippen LogP contribution in [0.1, 0.15) is 39.0 Å². The lowest BCUT2D eigenvalue weighted by molar-refractivity contribution is 0.408. The molecule has 0 aromatic carbocycles. The van der Waals surface area contributed by atoms with Gasteiger partial charge in [-0.15, -0.1) is 0 Å². The van der Waals surface area contributed by atoms with Gasteiger partial charge in [0.15, 0.2) is 0 Å². The van der Waals surface area contributed by atoms with Gasteiger partial charge >= 0.3 is 0 Å². The summed E-state index contributed by atoms with van der Waals surface area (Å²) >= 11 is 0. The first-order valence-corrected chi connectivity index (χ1v) is 4.67. The second-order valence-electron chi connectivity index (χ2n) is 3.33. The van der Waals surface area contributed by atoms with E-state index in [0.717, 1.165) is 5.92 Å². The third-order valence-corrected chi connectivity index (χ3v) is 2.65. The summed E-state index contributed by atoms with van der Waals surface area (Å²) in [5, 5.41) is 0. The third-order valence-electron chi connectivity index (χ3n) is 2.65. The van der Waals surface area contributed by atoms with Crippen LogP contribution in [-0.2, 0) is 0 Å². The normalized spacial score (nSPS) is 21.7. The van der Waals surface area contributed by atoms with Gasteiger partial charge in [0.05, 0.1) is 0 Å². The van der Waals surface area contributed by atoms with Crippen molar-refractivity contribution in [3.05, 3.63) is 24.3 Å². The van der Waals surface area contributed by atoms with Crippen LogP contribution >= 0.6 is 0 Å². The minimum Gasteiger partial charge on any atom is -0.0988 e. The van der Waals surface area contributed by atoms with Gasteiger partial charge in [0.25, 0.3) is 0 Å². The molecule has 1 aliphatic rings. The van der Waals surface area contributed by atoms with Gasteiger partial charge < -0.3 is 0 Å². The molecule has 0 aromatic heterocycles. The fraction of sp³-hybridized carbons (Fsp3) is 0.636. The highest BCUT2D eigenvalue weighted by Gasteiger charge is 2.14. The molecule has 0 nitrogen and oxygen atoms in total. The molecule has 0 unspecified atom stereocenters. The van der Waals surface area contributed by atoms with Crippen LogP contribution in [0.25, 0.3) is 0 Å². The Morgan fingerprint density at radius 1 is 1.27 bits per heavy atom. The van der Waals surface area contributed by atoms with E-state index in [1.165, 1.54) is 37.7 Å². The van der Waals surface area contributed by atoms with Gasteiger partial charge in [-0.1, -0.05) is 38.0 Å². The van der Waals surface area contributed by atoms with Gasteiger partial charge in [0, 0.05) is 0 Å². The van der Waals surface area contributed by atoms with Gasteiger partial charge in [-0.3, -0.25) is 0 Å². The molecule has 1 rings (SSSR count). The Bertz CT molecular complexity index is 147. The zero-order valence-corrected chi connectivity index (χ0v) is 7.47. The molecule has 0 amide bonds. The van der Waals surface area contributed by atoms with E-state index >= 15 is 0 Å². The minimum atomic E-state index is 0.825. The standard InChI is InChI=1S/C11H18/c1-3-10(4-2)11-8-6-5-7-9-11/h3-4,11H,1,5-9H2,2H3/b10-4+. The van der Waals surface area contributed by atoms with E-state index in [4.69, 9.17) is 0 Å². The van der Waals surface area contributed by atoms with Gasteiger partial charge in [-0.05, 0) is 31.3 Å². The van der Waals surface area contributed by atoms with E-state index in [9.17, 15) is 0 Å². The zero-order valence-electron chi connectivity index (χ0n) is 7.47. The predicted octanol–water partition coefficient (Wildman–Crippen LogP) is 3.70. The highest BCUT2D eigenvalue weighted by molar-refractivity contribution is 5.18. The number of rotatable bonds is 2. The maximum Gasteiger partial charge on any atom is -0.0165 e. The maximum absolute atomic E-state index is 3.84. The first-order chi connectivity index (χ1) is 5.38. The lowest BCUT2D eigenvalue weighted by Crippen LogP contribution is -2.07. The average Bonchev–Trinajstić information content (AvgIpc) is 2.09. The number of hydrogen-bond acceptors (Lipinski definition) is 0. The van der Waals surface area contributed by atoms with Crippen LogP contribution in [0.5, 0.6) is 0 Å². The monoisotopic (exact) mass is 150 g/mol. The van der Waals surface area contributed by atoms with E-state index in [-0.39, 0.29) is 0 Å². The molecule has 0 bridgehead atoms. The van der Waals surface area contributed by atoms with Crippen molar-refractivity contribution in [1.82, 2.24) is 0 Å². The summed E-state index contributed by atoms with van der Waals surface area (Å²) in [4.78, 5) is 0. The Morgan fingerprint density at radius 2 is 1.91 bits per heavy atom. The van der Waals surface area contributed by atoms with Crippen molar-refractivity contribution in [2.24, 2.45) is 5.92 Å². The molecule has 0 saturated heterocycles. The van der Waals surface area contributed by atoms with Crippen molar-refractivity contribution < 1.29 is 0 Å². The first kappa shape index (κ1) is 8.58. The molecule has 1 fully saturated rings. The Morgan fingerprint density at radius 3 is 2.36 bits per heavy atom.